The first-order chi connectivity index (χ1) is 15.0. The molecule has 0 fully saturated rings. The Labute approximate surface area is 186 Å². The van der Waals surface area contributed by atoms with Crippen LogP contribution in [0, 0.1) is 6.92 Å². The number of fused-ring (bicyclic) bond motifs is 1. The minimum absolute atomic E-state index is 0.278. The number of nitrogens with one attached hydrogen (secondary N) is 1. The van der Waals surface area contributed by atoms with Crippen molar-refractivity contribution in [2.24, 2.45) is 0 Å². The number of thiazole rings is 1. The van der Waals surface area contributed by atoms with E-state index in [-0.39, 0.29) is 5.82 Å². The van der Waals surface area contributed by atoms with Crippen molar-refractivity contribution in [2.75, 3.05) is 5.32 Å². The monoisotopic (exact) mass is 453 g/mol. The van der Waals surface area contributed by atoms with Crippen LogP contribution in [0.1, 0.15) is 28.6 Å². The van der Waals surface area contributed by atoms with Crippen LogP contribution in [0.4, 0.5) is 5.82 Å². The Bertz CT molecular complexity index is 1180. The van der Waals surface area contributed by atoms with Crippen molar-refractivity contribution in [1.82, 2.24) is 10.1 Å². The first-order valence-electron chi connectivity index (χ1n) is 9.50. The third-order valence-corrected chi connectivity index (χ3v) is 6.61. The molecule has 1 atom stereocenters. The summed E-state index contributed by atoms with van der Waals surface area (Å²) in [6, 6.07) is 16.8. The van der Waals surface area contributed by atoms with Gasteiger partial charge in [-0.15, -0.1) is 11.3 Å². The van der Waals surface area contributed by atoms with Gasteiger partial charge in [0.25, 0.3) is 5.91 Å². The number of thioether (sulfide) groups is 1. The Morgan fingerprint density at radius 2 is 1.97 bits per heavy atom. The minimum atomic E-state index is -0.973. The number of aryl methyl sites for hydroxylation is 1. The minimum Gasteiger partial charge on any atom is -0.449 e. The highest BCUT2D eigenvalue weighted by Gasteiger charge is 2.20. The van der Waals surface area contributed by atoms with Gasteiger partial charge in [-0.05, 0) is 43.7 Å². The summed E-state index contributed by atoms with van der Waals surface area (Å²) >= 11 is 3.32. The van der Waals surface area contributed by atoms with E-state index in [9.17, 15) is 9.59 Å². The summed E-state index contributed by atoms with van der Waals surface area (Å²) in [6.45, 7) is 3.22. The average molecular weight is 454 g/mol. The molecule has 2 heterocycles. The molecule has 1 N–H and O–H groups in total. The molecule has 0 bridgehead atoms. The third-order valence-electron chi connectivity index (χ3n) is 4.36. The molecule has 31 heavy (non-hydrogen) atoms. The van der Waals surface area contributed by atoms with Gasteiger partial charge < -0.3 is 14.6 Å². The van der Waals surface area contributed by atoms with Crippen LogP contribution in [-0.4, -0.2) is 28.1 Å². The van der Waals surface area contributed by atoms with Crippen molar-refractivity contribution in [2.45, 2.75) is 30.0 Å². The van der Waals surface area contributed by atoms with Gasteiger partial charge in [-0.25, -0.2) is 9.78 Å². The average Bonchev–Trinajstić information content (AvgIpc) is 3.37. The SMILES string of the molecule is Cc1cc(NC(=O)C(C)OC(=O)c2ccc(CSc3nc4ccccc4s3)cc2)no1. The lowest BCUT2D eigenvalue weighted by molar-refractivity contribution is -0.123. The number of carbonyl (C=O) groups excluding carboxylic acids is 2. The number of rotatable bonds is 7. The Morgan fingerprint density at radius 1 is 1.19 bits per heavy atom. The van der Waals surface area contributed by atoms with E-state index in [1.54, 1.807) is 48.2 Å². The van der Waals surface area contributed by atoms with Gasteiger partial charge in [0.2, 0.25) is 0 Å². The van der Waals surface area contributed by atoms with Crippen molar-refractivity contribution in [1.29, 1.82) is 0 Å². The van der Waals surface area contributed by atoms with E-state index < -0.39 is 18.0 Å². The maximum Gasteiger partial charge on any atom is 0.338 e. The summed E-state index contributed by atoms with van der Waals surface area (Å²) in [4.78, 5) is 29.1. The first-order valence-corrected chi connectivity index (χ1v) is 11.3. The maximum absolute atomic E-state index is 12.4. The molecule has 2 aromatic heterocycles. The number of hydrogen-bond acceptors (Lipinski definition) is 8. The molecule has 0 saturated heterocycles. The highest BCUT2D eigenvalue weighted by molar-refractivity contribution is 8.00. The molecule has 1 amide bonds. The lowest BCUT2D eigenvalue weighted by Crippen LogP contribution is -2.30. The molecule has 158 valence electrons. The zero-order chi connectivity index (χ0) is 21.8. The summed E-state index contributed by atoms with van der Waals surface area (Å²) in [5.41, 5.74) is 2.45. The quantitative estimate of drug-likeness (QED) is 0.308. The van der Waals surface area contributed by atoms with Crippen LogP contribution in [0.2, 0.25) is 0 Å². The highest BCUT2D eigenvalue weighted by atomic mass is 32.2. The number of esters is 1. The predicted octanol–water partition coefficient (Wildman–Crippen LogP) is 5.07. The number of benzene rings is 2. The highest BCUT2D eigenvalue weighted by Crippen LogP contribution is 2.31. The number of carbonyl (C=O) groups is 2. The molecule has 0 radical (unpaired) electrons. The van der Waals surface area contributed by atoms with Gasteiger partial charge in [-0.2, -0.15) is 0 Å². The van der Waals surface area contributed by atoms with Crippen molar-refractivity contribution in [3.63, 3.8) is 0 Å². The van der Waals surface area contributed by atoms with E-state index in [0.717, 1.165) is 21.2 Å². The van der Waals surface area contributed by atoms with Gasteiger partial charge in [0.05, 0.1) is 15.8 Å². The van der Waals surface area contributed by atoms with E-state index in [2.05, 4.69) is 21.5 Å². The van der Waals surface area contributed by atoms with Crippen molar-refractivity contribution in [3.05, 3.63) is 71.5 Å². The number of anilines is 1. The number of aromatic nitrogens is 2. The van der Waals surface area contributed by atoms with Crippen LogP contribution in [0.15, 0.2) is 63.5 Å². The predicted molar refractivity (Wildman–Crippen MR) is 120 cm³/mol. The Morgan fingerprint density at radius 3 is 2.68 bits per heavy atom. The van der Waals surface area contributed by atoms with Gasteiger partial charge >= 0.3 is 5.97 Å². The van der Waals surface area contributed by atoms with Gasteiger partial charge in [0.1, 0.15) is 5.76 Å². The van der Waals surface area contributed by atoms with Gasteiger partial charge in [0, 0.05) is 11.8 Å². The normalized spacial score (nSPS) is 11.9. The fourth-order valence-corrected chi connectivity index (χ4v) is 4.75. The fraction of sp³-hybridized carbons (Fsp3) is 0.182. The molecule has 4 rings (SSSR count). The fourth-order valence-electron chi connectivity index (χ4n) is 2.73. The maximum atomic E-state index is 12.4. The largest absolute Gasteiger partial charge is 0.449 e. The molecule has 0 aliphatic heterocycles. The van der Waals surface area contributed by atoms with Gasteiger partial charge in [0.15, 0.2) is 16.3 Å². The summed E-state index contributed by atoms with van der Waals surface area (Å²) in [5, 5.41) is 6.23. The second-order valence-electron chi connectivity index (χ2n) is 6.79. The number of ether oxygens (including phenoxy) is 1. The van der Waals surface area contributed by atoms with Crippen LogP contribution in [0.3, 0.4) is 0 Å². The third kappa shape index (κ3) is 5.31. The molecule has 2 aromatic carbocycles. The lowest BCUT2D eigenvalue weighted by atomic mass is 10.1. The van der Waals surface area contributed by atoms with E-state index in [1.807, 2.05) is 30.3 Å². The van der Waals surface area contributed by atoms with Crippen molar-refractivity contribution in [3.8, 4) is 0 Å². The van der Waals surface area contributed by atoms with Gasteiger partial charge in [-0.1, -0.05) is 41.2 Å². The molecular weight excluding hydrogens is 434 g/mol. The van der Waals surface area contributed by atoms with Crippen molar-refractivity contribution < 1.29 is 18.8 Å². The Kier molecular flexibility index (Phi) is 6.34. The van der Waals surface area contributed by atoms with E-state index in [0.29, 0.717) is 11.3 Å². The van der Waals surface area contributed by atoms with Crippen LogP contribution in [-0.2, 0) is 15.3 Å². The Hall–Kier alpha value is -3.17. The van der Waals surface area contributed by atoms with Crippen LogP contribution >= 0.6 is 23.1 Å². The molecule has 9 heteroatoms. The van der Waals surface area contributed by atoms with Crippen LogP contribution in [0.5, 0.6) is 0 Å². The number of amides is 1. The van der Waals surface area contributed by atoms with Crippen LogP contribution in [0.25, 0.3) is 10.2 Å². The molecule has 0 spiro atoms. The van der Waals surface area contributed by atoms with Crippen LogP contribution < -0.4 is 5.32 Å². The molecular formula is C22H19N3O4S2. The zero-order valence-electron chi connectivity index (χ0n) is 16.8. The molecule has 7 nitrogen and oxygen atoms in total. The van der Waals surface area contributed by atoms with Gasteiger partial charge in [-0.3, -0.25) is 4.79 Å². The zero-order valence-corrected chi connectivity index (χ0v) is 18.5. The summed E-state index contributed by atoms with van der Waals surface area (Å²) in [7, 11) is 0. The first kappa shape index (κ1) is 21.1. The lowest BCUT2D eigenvalue weighted by Gasteiger charge is -2.12. The summed E-state index contributed by atoms with van der Waals surface area (Å²) in [6.07, 6.45) is -0.973. The summed E-state index contributed by atoms with van der Waals surface area (Å²) < 4.78 is 12.3. The smallest absolute Gasteiger partial charge is 0.338 e. The van der Waals surface area contributed by atoms with E-state index in [4.69, 9.17) is 9.26 Å². The molecule has 1 unspecified atom stereocenters. The van der Waals surface area contributed by atoms with E-state index >= 15 is 0 Å². The second-order valence-corrected chi connectivity index (χ2v) is 9.05. The standard InChI is InChI=1S/C22H19N3O4S2/c1-13-11-19(25-29-13)24-20(26)14(2)28-21(27)16-9-7-15(8-10-16)12-30-22-23-17-5-3-4-6-18(17)31-22/h3-11,14H,12H2,1-2H3,(H,24,25,26). The summed E-state index contributed by atoms with van der Waals surface area (Å²) in [5.74, 6) is 0.544. The number of nitrogens with zero attached hydrogens (tertiary/aromatic N) is 2. The second kappa shape index (κ2) is 9.32. The Balaban J connectivity index is 1.30. The molecule has 0 aliphatic carbocycles. The molecule has 0 aliphatic rings. The number of hydrogen-bond donors (Lipinski definition) is 1. The van der Waals surface area contributed by atoms with Crippen molar-refractivity contribution >= 4 is 51.0 Å². The number of para-hydroxylation sites is 1. The molecule has 4 aromatic rings. The topological polar surface area (TPSA) is 94.3 Å². The van der Waals surface area contributed by atoms with E-state index in [1.165, 1.54) is 11.6 Å². The molecule has 0 saturated carbocycles.